The number of allylic oxidation sites excluding steroid dienone is 2. The van der Waals surface area contributed by atoms with Crippen molar-refractivity contribution in [2.24, 2.45) is 5.16 Å². The van der Waals surface area contributed by atoms with Gasteiger partial charge in [0.2, 0.25) is 5.72 Å². The van der Waals surface area contributed by atoms with E-state index in [1.807, 2.05) is 54.6 Å². The summed E-state index contributed by atoms with van der Waals surface area (Å²) in [5.74, 6) is 0.440. The van der Waals surface area contributed by atoms with Crippen molar-refractivity contribution in [2.75, 3.05) is 21.2 Å². The normalized spacial score (nSPS) is 17.5. The first-order valence-corrected chi connectivity index (χ1v) is 9.87. The average molecular weight is 502 g/mol. The van der Waals surface area contributed by atoms with E-state index in [2.05, 4.69) is 5.16 Å². The van der Waals surface area contributed by atoms with E-state index in [1.165, 1.54) is 11.1 Å². The second kappa shape index (κ2) is 11.5. The van der Waals surface area contributed by atoms with Gasteiger partial charge in [0.15, 0.2) is 0 Å². The minimum Gasteiger partial charge on any atom is -0.497 e. The second-order valence-corrected chi connectivity index (χ2v) is 7.32. The molecule has 1 heterocycles. The lowest BCUT2D eigenvalue weighted by molar-refractivity contribution is -0.128. The number of methoxy groups -OCH3 is 1. The maximum Gasteiger partial charge on any atom is 0.254 e. The summed E-state index contributed by atoms with van der Waals surface area (Å²) in [6, 6.07) is 17.1. The third-order valence-corrected chi connectivity index (χ3v) is 4.89. The first kappa shape index (κ1) is 25.2. The molecule has 1 aliphatic rings. The van der Waals surface area contributed by atoms with E-state index in [1.54, 1.807) is 44.5 Å². The predicted molar refractivity (Wildman–Crippen MR) is 129 cm³/mol. The minimum absolute atomic E-state index is 0. The lowest BCUT2D eigenvalue weighted by atomic mass is 9.97. The van der Waals surface area contributed by atoms with Crippen LogP contribution in [-0.2, 0) is 22.8 Å². The number of amides is 1. The summed E-state index contributed by atoms with van der Waals surface area (Å²) in [6.07, 6.45) is 6.32. The Morgan fingerprint density at radius 2 is 1.81 bits per heavy atom. The van der Waals surface area contributed by atoms with Crippen LogP contribution in [0.2, 0.25) is 0 Å². The molecule has 0 saturated heterocycles. The Morgan fingerprint density at radius 1 is 1.12 bits per heavy atom. The molecule has 1 N–H and O–H groups in total. The van der Waals surface area contributed by atoms with Gasteiger partial charge in [-0.05, 0) is 35.4 Å². The molecule has 1 atom stereocenters. The number of aliphatic hydroxyl groups is 1. The van der Waals surface area contributed by atoms with Gasteiger partial charge in [0.1, 0.15) is 18.6 Å². The van der Waals surface area contributed by atoms with Gasteiger partial charge in [0, 0.05) is 26.8 Å². The monoisotopic (exact) mass is 501 g/mol. The van der Waals surface area contributed by atoms with Crippen LogP contribution in [0.3, 0.4) is 0 Å². The molecule has 0 bridgehead atoms. The number of halogens is 1. The molecule has 1 amide bonds. The molecule has 0 spiro atoms. The quantitative estimate of drug-likeness (QED) is 0.442. The molecule has 2 aromatic rings. The Bertz CT molecular complexity index is 974. The number of oxime groups is 1. The van der Waals surface area contributed by atoms with Crippen molar-refractivity contribution in [1.29, 1.82) is 0 Å². The van der Waals surface area contributed by atoms with Crippen molar-refractivity contribution in [2.45, 2.75) is 18.9 Å². The lowest BCUT2D eigenvalue weighted by Gasteiger charge is -2.39. The molecule has 32 heavy (non-hydrogen) atoms. The molecule has 0 radical (unpaired) electrons. The third kappa shape index (κ3) is 5.99. The number of rotatable bonds is 8. The fraction of sp³-hybridized carbons (Fsp3) is 0.250. The maximum atomic E-state index is 12.7. The number of hydrogen-bond donors (Lipinski definition) is 1. The highest BCUT2D eigenvalue weighted by Crippen LogP contribution is 2.28. The molecule has 170 valence electrons. The van der Waals surface area contributed by atoms with Crippen molar-refractivity contribution in [3.05, 3.63) is 89.6 Å². The zero-order valence-electron chi connectivity index (χ0n) is 18.3. The van der Waals surface area contributed by atoms with Gasteiger partial charge in [0.05, 0.1) is 12.7 Å². The predicted octanol–water partition coefficient (Wildman–Crippen LogP) is 3.51. The number of likely N-dealkylation sites (N-methyl/N-ethyl adjacent to an activating group) is 1. The van der Waals surface area contributed by atoms with Gasteiger partial charge < -0.3 is 24.5 Å². The number of hydrogen-bond acceptors (Lipinski definition) is 6. The van der Waals surface area contributed by atoms with Crippen LogP contribution in [0.1, 0.15) is 11.1 Å². The number of carbonyl (C=O) groups is 1. The van der Waals surface area contributed by atoms with Gasteiger partial charge in [-0.1, -0.05) is 47.6 Å². The smallest absolute Gasteiger partial charge is 0.254 e. The molecular formula is C24H28BrN3O4. The minimum atomic E-state index is -1.76. The van der Waals surface area contributed by atoms with E-state index >= 15 is 0 Å². The van der Waals surface area contributed by atoms with Crippen LogP contribution < -0.4 is 4.74 Å². The number of ether oxygens (including phenoxy) is 1. The van der Waals surface area contributed by atoms with Gasteiger partial charge >= 0.3 is 0 Å². The van der Waals surface area contributed by atoms with Crippen molar-refractivity contribution in [3.8, 4) is 5.75 Å². The van der Waals surface area contributed by atoms with Crippen LogP contribution >= 0.6 is 17.0 Å². The zero-order valence-corrected chi connectivity index (χ0v) is 20.1. The molecule has 1 unspecified atom stereocenters. The fourth-order valence-corrected chi connectivity index (χ4v) is 3.15. The zero-order chi connectivity index (χ0) is 22.3. The molecule has 3 rings (SSSR count). The van der Waals surface area contributed by atoms with E-state index in [0.717, 1.165) is 16.9 Å². The first-order chi connectivity index (χ1) is 14.9. The maximum absolute atomic E-state index is 12.7. The molecule has 7 nitrogen and oxygen atoms in total. The average Bonchev–Trinajstić information content (AvgIpc) is 2.79. The molecule has 0 aromatic heterocycles. The van der Waals surface area contributed by atoms with E-state index in [-0.39, 0.29) is 35.1 Å². The van der Waals surface area contributed by atoms with Crippen molar-refractivity contribution >= 4 is 29.1 Å². The summed E-state index contributed by atoms with van der Waals surface area (Å²) >= 11 is 0. The molecule has 8 heteroatoms. The second-order valence-electron chi connectivity index (χ2n) is 7.32. The van der Waals surface area contributed by atoms with Crippen LogP contribution in [0.25, 0.3) is 0 Å². The summed E-state index contributed by atoms with van der Waals surface area (Å²) < 4.78 is 5.14. The standard InChI is InChI=1S/C24H27N3O4.BrH/c1-26(2)23(28)22-10-7-15-27(16-19-8-5-4-6-9-19)24(22,29)18-25-31-17-20-11-13-21(30-3)14-12-20;/h4-15,18,29H,16-17H2,1-3H3;1H. The van der Waals surface area contributed by atoms with Crippen molar-refractivity contribution < 1.29 is 19.5 Å². The van der Waals surface area contributed by atoms with E-state index in [9.17, 15) is 9.90 Å². The Hall–Kier alpha value is -3.10. The SMILES string of the molecule is Br.COc1ccc(CON=CC2(O)C(C(=O)N(C)C)=CC=CN2Cc2ccccc2)cc1. The van der Waals surface area contributed by atoms with Crippen LogP contribution in [0.15, 0.2) is 83.7 Å². The van der Waals surface area contributed by atoms with Gasteiger partial charge in [-0.15, -0.1) is 17.0 Å². The van der Waals surface area contributed by atoms with Gasteiger partial charge in [0.25, 0.3) is 5.91 Å². The van der Waals surface area contributed by atoms with Crippen molar-refractivity contribution in [1.82, 2.24) is 9.80 Å². The number of benzene rings is 2. The largest absolute Gasteiger partial charge is 0.497 e. The van der Waals surface area contributed by atoms with Crippen LogP contribution in [0.5, 0.6) is 5.75 Å². The molecule has 1 aliphatic heterocycles. The summed E-state index contributed by atoms with van der Waals surface area (Å²) in [4.78, 5) is 21.2. The van der Waals surface area contributed by atoms with Crippen LogP contribution in [0, 0.1) is 0 Å². The summed E-state index contributed by atoms with van der Waals surface area (Å²) in [7, 11) is 4.89. The Balaban J connectivity index is 0.00000363. The molecule has 0 aliphatic carbocycles. The Labute approximate surface area is 199 Å². The fourth-order valence-electron chi connectivity index (χ4n) is 3.15. The molecule has 0 fully saturated rings. The third-order valence-electron chi connectivity index (χ3n) is 4.89. The summed E-state index contributed by atoms with van der Waals surface area (Å²) in [5.41, 5.74) is 0.311. The van der Waals surface area contributed by atoms with E-state index in [0.29, 0.717) is 6.54 Å². The molecule has 0 saturated carbocycles. The number of nitrogens with zero attached hydrogens (tertiary/aromatic N) is 3. The molecular weight excluding hydrogens is 474 g/mol. The highest BCUT2D eigenvalue weighted by molar-refractivity contribution is 8.93. The highest BCUT2D eigenvalue weighted by atomic mass is 79.9. The van der Waals surface area contributed by atoms with Crippen LogP contribution in [-0.4, -0.2) is 54.0 Å². The Kier molecular flexibility index (Phi) is 9.04. The van der Waals surface area contributed by atoms with Crippen molar-refractivity contribution in [3.63, 3.8) is 0 Å². The van der Waals surface area contributed by atoms with Gasteiger partial charge in [-0.3, -0.25) is 4.79 Å². The number of carbonyl (C=O) groups excluding carboxylic acids is 1. The summed E-state index contributed by atoms with van der Waals surface area (Å²) in [6.45, 7) is 0.599. The molecule has 2 aromatic carbocycles. The highest BCUT2D eigenvalue weighted by Gasteiger charge is 2.41. The first-order valence-electron chi connectivity index (χ1n) is 9.87. The van der Waals surface area contributed by atoms with E-state index < -0.39 is 5.72 Å². The Morgan fingerprint density at radius 3 is 2.44 bits per heavy atom. The summed E-state index contributed by atoms with van der Waals surface area (Å²) in [5, 5.41) is 15.5. The van der Waals surface area contributed by atoms with E-state index in [4.69, 9.17) is 9.57 Å². The topological polar surface area (TPSA) is 74.6 Å². The van der Waals surface area contributed by atoms with Gasteiger partial charge in [-0.2, -0.15) is 0 Å². The van der Waals surface area contributed by atoms with Gasteiger partial charge in [-0.25, -0.2) is 0 Å². The lowest BCUT2D eigenvalue weighted by Crippen LogP contribution is -2.53. The van der Waals surface area contributed by atoms with Crippen LogP contribution in [0.4, 0.5) is 0 Å².